The first-order valence-electron chi connectivity index (χ1n) is 6.81. The molecule has 7 heteroatoms. The molecule has 1 saturated heterocycles. The molecule has 2 N–H and O–H groups in total. The van der Waals surface area contributed by atoms with Crippen LogP contribution in [0.25, 0.3) is 0 Å². The van der Waals surface area contributed by atoms with Gasteiger partial charge in [0.25, 0.3) is 0 Å². The molecule has 0 saturated carbocycles. The van der Waals surface area contributed by atoms with E-state index in [4.69, 9.17) is 21.1 Å². The molecular weight excluding hydrogens is 304 g/mol. The van der Waals surface area contributed by atoms with Gasteiger partial charge in [0.05, 0.1) is 25.2 Å². The van der Waals surface area contributed by atoms with Crippen molar-refractivity contribution in [2.75, 3.05) is 31.0 Å². The normalized spacial score (nSPS) is 17.5. The van der Waals surface area contributed by atoms with E-state index in [2.05, 4.69) is 5.32 Å². The van der Waals surface area contributed by atoms with Crippen molar-refractivity contribution in [1.82, 2.24) is 0 Å². The molecule has 1 aliphatic rings. The van der Waals surface area contributed by atoms with Crippen molar-refractivity contribution in [3.05, 3.63) is 23.8 Å². The molecule has 0 aliphatic carbocycles. The highest BCUT2D eigenvalue weighted by molar-refractivity contribution is 6.18. The van der Waals surface area contributed by atoms with Crippen molar-refractivity contribution in [3.8, 4) is 5.75 Å². The fourth-order valence-electron chi connectivity index (χ4n) is 2.03. The summed E-state index contributed by atoms with van der Waals surface area (Å²) in [7, 11) is 0. The predicted octanol–water partition coefficient (Wildman–Crippen LogP) is 2.53. The molecular formula is C14H18ClF2NO3. The number of aliphatic hydroxyl groups excluding tert-OH is 1. The van der Waals surface area contributed by atoms with Crippen molar-refractivity contribution in [2.24, 2.45) is 0 Å². The van der Waals surface area contributed by atoms with Crippen LogP contribution in [-0.4, -0.2) is 43.0 Å². The third kappa shape index (κ3) is 4.69. The Bertz CT molecular complexity index is 447. The molecule has 4 nitrogen and oxygen atoms in total. The van der Waals surface area contributed by atoms with Gasteiger partial charge in [0, 0.05) is 37.2 Å². The Balaban J connectivity index is 2.02. The van der Waals surface area contributed by atoms with Gasteiger partial charge in [0.15, 0.2) is 17.4 Å². The monoisotopic (exact) mass is 321 g/mol. The van der Waals surface area contributed by atoms with E-state index in [-0.39, 0.29) is 30.0 Å². The molecule has 1 heterocycles. The maximum Gasteiger partial charge on any atom is 0.191 e. The summed E-state index contributed by atoms with van der Waals surface area (Å²) >= 11 is 5.45. The minimum Gasteiger partial charge on any atom is -0.484 e. The number of rotatable bonds is 6. The van der Waals surface area contributed by atoms with Crippen molar-refractivity contribution in [3.63, 3.8) is 0 Å². The lowest BCUT2D eigenvalue weighted by Gasteiger charge is -2.24. The van der Waals surface area contributed by atoms with Gasteiger partial charge in [-0.2, -0.15) is 0 Å². The number of aliphatic hydroxyl groups is 1. The van der Waals surface area contributed by atoms with Crippen molar-refractivity contribution < 1.29 is 23.4 Å². The van der Waals surface area contributed by atoms with Gasteiger partial charge in [-0.25, -0.2) is 8.78 Å². The maximum absolute atomic E-state index is 13.9. The minimum atomic E-state index is -0.782. The van der Waals surface area contributed by atoms with Gasteiger partial charge in [-0.15, -0.1) is 11.6 Å². The first-order valence-corrected chi connectivity index (χ1v) is 7.35. The van der Waals surface area contributed by atoms with E-state index < -0.39 is 17.7 Å². The fraction of sp³-hybridized carbons (Fsp3) is 0.571. The Kier molecular flexibility index (Phi) is 6.02. The van der Waals surface area contributed by atoms with Gasteiger partial charge in [-0.1, -0.05) is 0 Å². The summed E-state index contributed by atoms with van der Waals surface area (Å²) in [5, 5.41) is 12.0. The number of hydrogen-bond acceptors (Lipinski definition) is 4. The van der Waals surface area contributed by atoms with Gasteiger partial charge in [-0.05, 0) is 0 Å². The van der Waals surface area contributed by atoms with Crippen LogP contribution in [0.4, 0.5) is 14.5 Å². The minimum absolute atomic E-state index is 0.0446. The van der Waals surface area contributed by atoms with Crippen LogP contribution in [0.15, 0.2) is 12.1 Å². The lowest BCUT2D eigenvalue weighted by atomic mass is 10.1. The molecule has 0 radical (unpaired) electrons. The Morgan fingerprint density at radius 1 is 1.33 bits per heavy atom. The number of hydrogen-bond donors (Lipinski definition) is 2. The molecule has 1 aliphatic heterocycles. The molecule has 1 atom stereocenters. The Morgan fingerprint density at radius 3 is 2.52 bits per heavy atom. The quantitative estimate of drug-likeness (QED) is 0.791. The van der Waals surface area contributed by atoms with E-state index in [1.165, 1.54) is 0 Å². The molecule has 0 aromatic heterocycles. The summed E-state index contributed by atoms with van der Waals surface area (Å²) in [6.45, 7) is 1.18. The lowest BCUT2D eigenvalue weighted by molar-refractivity contribution is 0.0223. The molecule has 0 amide bonds. The molecule has 118 valence electrons. The van der Waals surface area contributed by atoms with Crippen LogP contribution < -0.4 is 10.1 Å². The molecule has 21 heavy (non-hydrogen) atoms. The molecule has 1 aromatic rings. The molecule has 1 unspecified atom stereocenters. The van der Waals surface area contributed by atoms with Gasteiger partial charge in [0.1, 0.15) is 6.10 Å². The van der Waals surface area contributed by atoms with Crippen LogP contribution in [-0.2, 0) is 4.74 Å². The summed E-state index contributed by atoms with van der Waals surface area (Å²) < 4.78 is 38.5. The largest absolute Gasteiger partial charge is 0.484 e. The lowest BCUT2D eigenvalue weighted by Crippen LogP contribution is -2.26. The van der Waals surface area contributed by atoms with E-state index in [0.717, 1.165) is 12.1 Å². The molecule has 1 fully saturated rings. The van der Waals surface area contributed by atoms with Crippen LogP contribution in [0.1, 0.15) is 12.8 Å². The number of ether oxygens (including phenoxy) is 2. The topological polar surface area (TPSA) is 50.7 Å². The Labute approximate surface area is 127 Å². The highest BCUT2D eigenvalue weighted by Gasteiger charge is 2.20. The summed E-state index contributed by atoms with van der Waals surface area (Å²) in [5.41, 5.74) is 0.230. The van der Waals surface area contributed by atoms with E-state index in [1.807, 2.05) is 0 Å². The third-order valence-corrected chi connectivity index (χ3v) is 3.53. The highest BCUT2D eigenvalue weighted by atomic mass is 35.5. The number of alkyl halides is 1. The predicted molar refractivity (Wildman–Crippen MR) is 76.0 cm³/mol. The molecule has 1 aromatic carbocycles. The number of halogens is 3. The average molecular weight is 322 g/mol. The van der Waals surface area contributed by atoms with Gasteiger partial charge >= 0.3 is 0 Å². The molecule has 2 rings (SSSR count). The Morgan fingerprint density at radius 2 is 1.95 bits per heavy atom. The summed E-state index contributed by atoms with van der Waals surface area (Å²) in [4.78, 5) is 0. The van der Waals surface area contributed by atoms with E-state index in [1.54, 1.807) is 0 Å². The van der Waals surface area contributed by atoms with Gasteiger partial charge < -0.3 is 19.9 Å². The summed E-state index contributed by atoms with van der Waals surface area (Å²) in [5.74, 6) is -1.87. The maximum atomic E-state index is 13.9. The fourth-order valence-corrected chi connectivity index (χ4v) is 2.13. The second-order valence-corrected chi connectivity index (χ2v) is 5.20. The van der Waals surface area contributed by atoms with Gasteiger partial charge in [-0.3, -0.25) is 0 Å². The van der Waals surface area contributed by atoms with E-state index in [9.17, 15) is 13.9 Å². The number of benzene rings is 1. The van der Waals surface area contributed by atoms with Crippen LogP contribution in [0.2, 0.25) is 0 Å². The zero-order chi connectivity index (χ0) is 15.2. The van der Waals surface area contributed by atoms with Gasteiger partial charge in [0.2, 0.25) is 0 Å². The summed E-state index contributed by atoms with van der Waals surface area (Å²) in [6, 6.07) is 2.28. The van der Waals surface area contributed by atoms with E-state index in [0.29, 0.717) is 26.1 Å². The van der Waals surface area contributed by atoms with Crippen LogP contribution in [0.5, 0.6) is 5.75 Å². The van der Waals surface area contributed by atoms with Crippen LogP contribution in [0, 0.1) is 11.6 Å². The zero-order valence-corrected chi connectivity index (χ0v) is 12.2. The second kappa shape index (κ2) is 7.77. The van der Waals surface area contributed by atoms with Crippen molar-refractivity contribution in [1.29, 1.82) is 0 Å². The SMILES string of the molecule is OC(CCl)CNc1cc(F)c(OC2CCOCC2)c(F)c1. The standard InChI is InChI=1S/C14H18ClF2NO3/c15-7-10(19)8-18-9-5-12(16)14(13(17)6-9)21-11-1-3-20-4-2-11/h5-6,10-11,18-19H,1-4,7-8H2. The third-order valence-electron chi connectivity index (χ3n) is 3.17. The number of anilines is 1. The molecule has 0 spiro atoms. The average Bonchev–Trinajstić information content (AvgIpc) is 2.49. The first-order chi connectivity index (χ1) is 10.1. The zero-order valence-electron chi connectivity index (χ0n) is 11.4. The smallest absolute Gasteiger partial charge is 0.191 e. The van der Waals surface area contributed by atoms with E-state index >= 15 is 0 Å². The van der Waals surface area contributed by atoms with Crippen LogP contribution in [0.3, 0.4) is 0 Å². The van der Waals surface area contributed by atoms with Crippen LogP contribution >= 0.6 is 11.6 Å². The first kappa shape index (κ1) is 16.3. The second-order valence-electron chi connectivity index (χ2n) is 4.89. The van der Waals surface area contributed by atoms with Crippen molar-refractivity contribution in [2.45, 2.75) is 25.0 Å². The van der Waals surface area contributed by atoms with Crippen molar-refractivity contribution >= 4 is 17.3 Å². The molecule has 0 bridgehead atoms. The highest BCUT2D eigenvalue weighted by Crippen LogP contribution is 2.28. The summed E-state index contributed by atoms with van der Waals surface area (Å²) in [6.07, 6.45) is 0.206. The number of nitrogens with one attached hydrogen (secondary N) is 1. The Hall–Kier alpha value is -1.11.